The Bertz CT molecular complexity index is 463. The molecule has 1 amide bonds. The number of hydrogen-bond donors (Lipinski definition) is 2. The van der Waals surface area contributed by atoms with Crippen LogP contribution in [0.5, 0.6) is 5.75 Å². The van der Waals surface area contributed by atoms with Crippen molar-refractivity contribution in [2.45, 2.75) is 20.0 Å². The van der Waals surface area contributed by atoms with Gasteiger partial charge in [0.2, 0.25) is 5.91 Å². The maximum absolute atomic E-state index is 12.0. The molecule has 1 aromatic carbocycles. The van der Waals surface area contributed by atoms with Crippen molar-refractivity contribution < 1.29 is 14.3 Å². The Balaban J connectivity index is 2.48. The van der Waals surface area contributed by atoms with Gasteiger partial charge in [0, 0.05) is 12.2 Å². The van der Waals surface area contributed by atoms with Crippen molar-refractivity contribution in [3.8, 4) is 5.75 Å². The summed E-state index contributed by atoms with van der Waals surface area (Å²) in [5, 5.41) is 2.81. The molecule has 0 aliphatic heterocycles. The largest absolute Gasteiger partial charge is 0.495 e. The number of rotatable bonds is 8. The van der Waals surface area contributed by atoms with Crippen molar-refractivity contribution >= 4 is 17.3 Å². The molecule has 0 radical (unpaired) electrons. The number of methoxy groups -OCH3 is 1. The van der Waals surface area contributed by atoms with Gasteiger partial charge in [0.15, 0.2) is 0 Å². The van der Waals surface area contributed by atoms with Gasteiger partial charge in [0.25, 0.3) is 0 Å². The number of amides is 1. The van der Waals surface area contributed by atoms with E-state index in [2.05, 4.69) is 5.32 Å². The maximum Gasteiger partial charge on any atom is 0.238 e. The van der Waals surface area contributed by atoms with Crippen molar-refractivity contribution in [3.63, 3.8) is 0 Å². The van der Waals surface area contributed by atoms with E-state index in [0.29, 0.717) is 30.3 Å². The normalized spacial score (nSPS) is 11.0. The summed E-state index contributed by atoms with van der Waals surface area (Å²) in [6, 6.07) is 5.13. The van der Waals surface area contributed by atoms with Crippen LogP contribution in [0.3, 0.4) is 0 Å². The number of anilines is 2. The molecule has 21 heavy (non-hydrogen) atoms. The van der Waals surface area contributed by atoms with Crippen molar-refractivity contribution in [3.05, 3.63) is 18.2 Å². The number of nitrogens with zero attached hydrogens (tertiary/aromatic N) is 1. The molecular weight excluding hydrogens is 270 g/mol. The third-order valence-corrected chi connectivity index (χ3v) is 2.84. The molecule has 3 N–H and O–H groups in total. The first kappa shape index (κ1) is 17.3. The first-order valence-electron chi connectivity index (χ1n) is 6.96. The summed E-state index contributed by atoms with van der Waals surface area (Å²) >= 11 is 0. The molecule has 0 saturated carbocycles. The predicted octanol–water partition coefficient (Wildman–Crippen LogP) is 1.57. The number of benzene rings is 1. The fraction of sp³-hybridized carbons (Fsp3) is 0.533. The highest BCUT2D eigenvalue weighted by Crippen LogP contribution is 2.26. The maximum atomic E-state index is 12.0. The molecule has 0 aliphatic carbocycles. The summed E-state index contributed by atoms with van der Waals surface area (Å²) in [7, 11) is 3.43. The molecule has 118 valence electrons. The minimum atomic E-state index is -0.119. The summed E-state index contributed by atoms with van der Waals surface area (Å²) in [5.74, 6) is 0.467. The van der Waals surface area contributed by atoms with Crippen LogP contribution < -0.4 is 15.8 Å². The lowest BCUT2D eigenvalue weighted by Gasteiger charge is -2.18. The third kappa shape index (κ3) is 6.46. The molecular formula is C15H25N3O3. The number of carbonyl (C=O) groups excluding carboxylic acids is 1. The lowest BCUT2D eigenvalue weighted by Crippen LogP contribution is -2.33. The minimum Gasteiger partial charge on any atom is -0.495 e. The second-order valence-corrected chi connectivity index (χ2v) is 5.17. The topological polar surface area (TPSA) is 76.8 Å². The van der Waals surface area contributed by atoms with Gasteiger partial charge in [-0.25, -0.2) is 0 Å². The molecule has 1 rings (SSSR count). The fourth-order valence-electron chi connectivity index (χ4n) is 1.78. The van der Waals surface area contributed by atoms with Crippen LogP contribution in [0.2, 0.25) is 0 Å². The molecule has 0 bridgehead atoms. The monoisotopic (exact) mass is 295 g/mol. The van der Waals surface area contributed by atoms with Crippen LogP contribution in [0.4, 0.5) is 11.4 Å². The zero-order chi connectivity index (χ0) is 15.8. The Hall–Kier alpha value is -1.79. The van der Waals surface area contributed by atoms with E-state index in [-0.39, 0.29) is 18.6 Å². The molecule has 0 spiro atoms. The van der Waals surface area contributed by atoms with Crippen LogP contribution >= 0.6 is 0 Å². The zero-order valence-electron chi connectivity index (χ0n) is 13.2. The second-order valence-electron chi connectivity index (χ2n) is 5.17. The number of ether oxygens (including phenoxy) is 2. The van der Waals surface area contributed by atoms with Gasteiger partial charge in [0.05, 0.1) is 32.1 Å². The summed E-state index contributed by atoms with van der Waals surface area (Å²) in [6.07, 6.45) is 0.198. The average molecular weight is 295 g/mol. The molecule has 0 unspecified atom stereocenters. The second kappa shape index (κ2) is 8.49. The molecule has 1 aromatic rings. The quantitative estimate of drug-likeness (QED) is 0.712. The van der Waals surface area contributed by atoms with E-state index >= 15 is 0 Å². The van der Waals surface area contributed by atoms with Gasteiger partial charge in [-0.05, 0) is 39.1 Å². The minimum absolute atomic E-state index is 0.119. The van der Waals surface area contributed by atoms with Crippen LogP contribution in [0.25, 0.3) is 0 Å². The molecule has 0 atom stereocenters. The number of hydrogen-bond acceptors (Lipinski definition) is 5. The van der Waals surface area contributed by atoms with Crippen LogP contribution in [0.15, 0.2) is 18.2 Å². The number of nitrogens with one attached hydrogen (secondary N) is 1. The Morgan fingerprint density at radius 3 is 2.76 bits per heavy atom. The van der Waals surface area contributed by atoms with Crippen molar-refractivity contribution in [1.82, 2.24) is 4.90 Å². The van der Waals surface area contributed by atoms with E-state index in [9.17, 15) is 4.79 Å². The van der Waals surface area contributed by atoms with Gasteiger partial charge >= 0.3 is 0 Å². The summed E-state index contributed by atoms with van der Waals surface area (Å²) in [4.78, 5) is 13.9. The fourth-order valence-corrected chi connectivity index (χ4v) is 1.78. The van der Waals surface area contributed by atoms with Crippen LogP contribution in [0.1, 0.15) is 13.8 Å². The molecule has 0 saturated heterocycles. The van der Waals surface area contributed by atoms with Gasteiger partial charge in [-0.2, -0.15) is 0 Å². The highest BCUT2D eigenvalue weighted by molar-refractivity contribution is 5.94. The van der Waals surface area contributed by atoms with Gasteiger partial charge in [-0.3, -0.25) is 9.69 Å². The molecule has 6 nitrogen and oxygen atoms in total. The van der Waals surface area contributed by atoms with E-state index < -0.39 is 0 Å². The molecule has 0 aliphatic rings. The Labute approximate surface area is 126 Å². The first-order valence-corrected chi connectivity index (χ1v) is 6.96. The lowest BCUT2D eigenvalue weighted by molar-refractivity contribution is -0.117. The molecule has 0 fully saturated rings. The number of nitrogens with two attached hydrogens (primary N) is 1. The van der Waals surface area contributed by atoms with Crippen molar-refractivity contribution in [2.75, 3.05) is 44.9 Å². The standard InChI is InChI=1S/C15H25N3O3/c1-11(2)21-8-7-18(3)10-15(19)17-13-9-12(16)5-6-14(13)20-4/h5-6,9,11H,7-8,10,16H2,1-4H3,(H,17,19). The van der Waals surface area contributed by atoms with E-state index in [1.54, 1.807) is 25.3 Å². The predicted molar refractivity (Wildman–Crippen MR) is 84.6 cm³/mol. The number of carbonyl (C=O) groups is 1. The van der Waals surface area contributed by atoms with Gasteiger partial charge in [-0.15, -0.1) is 0 Å². The van der Waals surface area contributed by atoms with E-state index in [0.717, 1.165) is 0 Å². The average Bonchev–Trinajstić information content (AvgIpc) is 2.38. The summed E-state index contributed by atoms with van der Waals surface area (Å²) in [5.41, 5.74) is 6.87. The Morgan fingerprint density at radius 1 is 1.43 bits per heavy atom. The van der Waals surface area contributed by atoms with Gasteiger partial charge < -0.3 is 20.5 Å². The van der Waals surface area contributed by atoms with Crippen LogP contribution in [0, 0.1) is 0 Å². The Kier molecular flexibility index (Phi) is 6.98. The smallest absolute Gasteiger partial charge is 0.238 e. The van der Waals surface area contributed by atoms with Gasteiger partial charge in [0.1, 0.15) is 5.75 Å². The first-order chi connectivity index (χ1) is 9.92. The SMILES string of the molecule is COc1ccc(N)cc1NC(=O)CN(C)CCOC(C)C. The number of nitrogen functional groups attached to an aromatic ring is 1. The number of likely N-dealkylation sites (N-methyl/N-ethyl adjacent to an activating group) is 1. The third-order valence-electron chi connectivity index (χ3n) is 2.84. The molecule has 0 aromatic heterocycles. The van der Waals surface area contributed by atoms with Crippen molar-refractivity contribution in [1.29, 1.82) is 0 Å². The lowest BCUT2D eigenvalue weighted by atomic mass is 10.2. The van der Waals surface area contributed by atoms with Crippen LogP contribution in [-0.2, 0) is 9.53 Å². The summed E-state index contributed by atoms with van der Waals surface area (Å²) < 4.78 is 10.6. The molecule has 6 heteroatoms. The van der Waals surface area contributed by atoms with Crippen LogP contribution in [-0.4, -0.2) is 50.8 Å². The zero-order valence-corrected chi connectivity index (χ0v) is 13.2. The van der Waals surface area contributed by atoms with E-state index in [4.69, 9.17) is 15.2 Å². The highest BCUT2D eigenvalue weighted by Gasteiger charge is 2.10. The Morgan fingerprint density at radius 2 is 2.14 bits per heavy atom. The van der Waals surface area contributed by atoms with Crippen molar-refractivity contribution in [2.24, 2.45) is 0 Å². The highest BCUT2D eigenvalue weighted by atomic mass is 16.5. The van der Waals surface area contributed by atoms with E-state index in [1.165, 1.54) is 0 Å². The van der Waals surface area contributed by atoms with Gasteiger partial charge in [-0.1, -0.05) is 0 Å². The van der Waals surface area contributed by atoms with E-state index in [1.807, 2.05) is 25.8 Å². The molecule has 0 heterocycles. The summed E-state index contributed by atoms with van der Waals surface area (Å²) in [6.45, 7) is 5.54.